The lowest BCUT2D eigenvalue weighted by atomic mass is 10.2. The Bertz CT molecular complexity index is 554. The molecular weight excluding hydrogens is 300 g/mol. The molecule has 7 heteroatoms. The monoisotopic (exact) mass is 322 g/mol. The van der Waals surface area contributed by atoms with Crippen LogP contribution in [0.15, 0.2) is 17.1 Å². The smallest absolute Gasteiger partial charge is 0.325 e. The summed E-state index contributed by atoms with van der Waals surface area (Å²) >= 11 is 0. The Hall–Kier alpha value is -2.44. The summed E-state index contributed by atoms with van der Waals surface area (Å²) < 4.78 is 15.1. The molecule has 0 aliphatic carbocycles. The molecule has 7 nitrogen and oxygen atoms in total. The van der Waals surface area contributed by atoms with Crippen LogP contribution in [0.25, 0.3) is 0 Å². The maximum atomic E-state index is 11.8. The van der Waals surface area contributed by atoms with Gasteiger partial charge in [0.25, 0.3) is 0 Å². The van der Waals surface area contributed by atoms with Gasteiger partial charge in [-0.15, -0.1) is 0 Å². The molecule has 0 saturated carbocycles. The molecule has 126 valence electrons. The molecule has 1 heterocycles. The van der Waals surface area contributed by atoms with Crippen LogP contribution in [0.5, 0.6) is 5.75 Å². The van der Waals surface area contributed by atoms with Gasteiger partial charge in [-0.1, -0.05) is 0 Å². The fraction of sp³-hybridized carbons (Fsp3) is 0.500. The molecular formula is C16H22N2O5. The van der Waals surface area contributed by atoms with Crippen LogP contribution in [0.3, 0.4) is 0 Å². The van der Waals surface area contributed by atoms with E-state index < -0.39 is 17.9 Å². The van der Waals surface area contributed by atoms with Gasteiger partial charge in [0, 0.05) is 6.21 Å². The minimum absolute atomic E-state index is 0.170. The molecule has 0 atom stereocenters. The predicted molar refractivity (Wildman–Crippen MR) is 85.1 cm³/mol. The topological polar surface area (TPSA) is 87.1 Å². The SMILES string of the molecule is CCOC(=O)C(C=Nc1ccc(OCC)c(C)n1)C(=O)OCC. The van der Waals surface area contributed by atoms with Gasteiger partial charge in [-0.25, -0.2) is 9.98 Å². The summed E-state index contributed by atoms with van der Waals surface area (Å²) in [5.74, 6) is -1.57. The number of carbonyl (C=O) groups excluding carboxylic acids is 2. The van der Waals surface area contributed by atoms with Crippen molar-refractivity contribution in [3.8, 4) is 5.75 Å². The highest BCUT2D eigenvalue weighted by molar-refractivity contribution is 6.09. The first-order valence-corrected chi connectivity index (χ1v) is 7.51. The van der Waals surface area contributed by atoms with Gasteiger partial charge < -0.3 is 14.2 Å². The summed E-state index contributed by atoms with van der Waals surface area (Å²) in [5.41, 5.74) is 0.672. The lowest BCUT2D eigenvalue weighted by molar-refractivity contribution is -0.157. The summed E-state index contributed by atoms with van der Waals surface area (Å²) in [4.78, 5) is 32.0. The molecule has 0 unspecified atom stereocenters. The second-order valence-corrected chi connectivity index (χ2v) is 4.45. The number of aromatic nitrogens is 1. The molecule has 0 fully saturated rings. The van der Waals surface area contributed by atoms with Crippen molar-refractivity contribution in [1.29, 1.82) is 0 Å². The number of rotatable bonds is 8. The van der Waals surface area contributed by atoms with Crippen molar-refractivity contribution in [3.63, 3.8) is 0 Å². The zero-order valence-electron chi connectivity index (χ0n) is 13.9. The van der Waals surface area contributed by atoms with Crippen LogP contribution in [0.4, 0.5) is 5.82 Å². The minimum Gasteiger partial charge on any atom is -0.492 e. The molecule has 0 saturated heterocycles. The third kappa shape index (κ3) is 5.69. The van der Waals surface area contributed by atoms with Gasteiger partial charge in [-0.2, -0.15) is 0 Å². The Balaban J connectivity index is 2.93. The molecule has 0 aromatic carbocycles. The van der Waals surface area contributed by atoms with Gasteiger partial charge in [0.15, 0.2) is 11.7 Å². The zero-order valence-corrected chi connectivity index (χ0v) is 13.9. The van der Waals surface area contributed by atoms with Crippen molar-refractivity contribution < 1.29 is 23.8 Å². The molecule has 1 aromatic heterocycles. The van der Waals surface area contributed by atoms with E-state index in [0.29, 0.717) is 23.9 Å². The van der Waals surface area contributed by atoms with Crippen molar-refractivity contribution in [2.75, 3.05) is 19.8 Å². The van der Waals surface area contributed by atoms with Crippen molar-refractivity contribution in [2.45, 2.75) is 27.7 Å². The molecule has 0 N–H and O–H groups in total. The molecule has 0 radical (unpaired) electrons. The lowest BCUT2D eigenvalue weighted by Crippen LogP contribution is -2.29. The fourth-order valence-corrected chi connectivity index (χ4v) is 1.75. The molecule has 0 aliphatic rings. The maximum absolute atomic E-state index is 11.8. The van der Waals surface area contributed by atoms with E-state index in [-0.39, 0.29) is 13.2 Å². The number of esters is 2. The van der Waals surface area contributed by atoms with Crippen molar-refractivity contribution in [2.24, 2.45) is 10.9 Å². The second-order valence-electron chi connectivity index (χ2n) is 4.45. The average molecular weight is 322 g/mol. The van der Waals surface area contributed by atoms with E-state index in [1.807, 2.05) is 6.92 Å². The standard InChI is InChI=1S/C16H22N2O5/c1-5-21-13-8-9-14(18-11(13)4)17-10-12(15(19)22-6-2)16(20)23-7-3/h8-10,12H,5-7H2,1-4H3. The third-order valence-corrected chi connectivity index (χ3v) is 2.76. The average Bonchev–Trinajstić information content (AvgIpc) is 2.51. The quantitative estimate of drug-likeness (QED) is 0.414. The first-order valence-electron chi connectivity index (χ1n) is 7.51. The zero-order chi connectivity index (χ0) is 17.2. The predicted octanol–water partition coefficient (Wildman–Crippen LogP) is 2.23. The Labute approximate surface area is 135 Å². The minimum atomic E-state index is -1.21. The Morgan fingerprint density at radius 3 is 2.22 bits per heavy atom. The van der Waals surface area contributed by atoms with Crippen LogP contribution in [0.1, 0.15) is 26.5 Å². The van der Waals surface area contributed by atoms with Crippen LogP contribution in [-0.4, -0.2) is 43.0 Å². The highest BCUT2D eigenvalue weighted by atomic mass is 16.6. The summed E-state index contributed by atoms with van der Waals surface area (Å²) in [6.07, 6.45) is 1.19. The molecule has 23 heavy (non-hydrogen) atoms. The number of hydrogen-bond acceptors (Lipinski definition) is 7. The van der Waals surface area contributed by atoms with Crippen molar-refractivity contribution in [1.82, 2.24) is 4.98 Å². The number of hydrogen-bond donors (Lipinski definition) is 0. The molecule has 1 rings (SSSR count). The first-order chi connectivity index (χ1) is 11.0. The third-order valence-electron chi connectivity index (χ3n) is 2.76. The van der Waals surface area contributed by atoms with Crippen LogP contribution < -0.4 is 4.74 Å². The first kappa shape index (κ1) is 18.6. The van der Waals surface area contributed by atoms with E-state index in [2.05, 4.69) is 9.98 Å². The van der Waals surface area contributed by atoms with E-state index in [9.17, 15) is 9.59 Å². The molecule has 0 aliphatic heterocycles. The molecule has 1 aromatic rings. The summed E-state index contributed by atoms with van der Waals surface area (Å²) in [6, 6.07) is 3.38. The molecule has 0 spiro atoms. The van der Waals surface area contributed by atoms with Crippen molar-refractivity contribution in [3.05, 3.63) is 17.8 Å². The molecule has 0 bridgehead atoms. The van der Waals surface area contributed by atoms with E-state index in [1.165, 1.54) is 6.21 Å². The summed E-state index contributed by atoms with van der Waals surface area (Å²) in [7, 11) is 0. The van der Waals surface area contributed by atoms with Crippen LogP contribution in [-0.2, 0) is 19.1 Å². The van der Waals surface area contributed by atoms with Gasteiger partial charge in [0.2, 0.25) is 0 Å². The maximum Gasteiger partial charge on any atom is 0.325 e. The van der Waals surface area contributed by atoms with Crippen LogP contribution in [0.2, 0.25) is 0 Å². The summed E-state index contributed by atoms with van der Waals surface area (Å²) in [6.45, 7) is 7.88. The number of carbonyl (C=O) groups is 2. The number of ether oxygens (including phenoxy) is 3. The number of aliphatic imine (C=N–C) groups is 1. The van der Waals surface area contributed by atoms with Gasteiger partial charge in [-0.3, -0.25) is 9.59 Å². The van der Waals surface area contributed by atoms with Crippen LogP contribution in [0, 0.1) is 12.8 Å². The number of nitrogens with zero attached hydrogens (tertiary/aromatic N) is 2. The fourth-order valence-electron chi connectivity index (χ4n) is 1.75. The second kappa shape index (κ2) is 9.55. The lowest BCUT2D eigenvalue weighted by Gasteiger charge is -2.10. The Morgan fingerprint density at radius 2 is 1.74 bits per heavy atom. The van der Waals surface area contributed by atoms with E-state index in [0.717, 1.165) is 0 Å². The Morgan fingerprint density at radius 1 is 1.13 bits per heavy atom. The van der Waals surface area contributed by atoms with Gasteiger partial charge >= 0.3 is 11.9 Å². The Kier molecular flexibility index (Phi) is 7.73. The van der Waals surface area contributed by atoms with Crippen LogP contribution >= 0.6 is 0 Å². The largest absolute Gasteiger partial charge is 0.492 e. The molecule has 0 amide bonds. The number of aryl methyl sites for hydroxylation is 1. The van der Waals surface area contributed by atoms with Gasteiger partial charge in [0.1, 0.15) is 5.75 Å². The van der Waals surface area contributed by atoms with E-state index >= 15 is 0 Å². The van der Waals surface area contributed by atoms with Gasteiger partial charge in [-0.05, 0) is 39.8 Å². The highest BCUT2D eigenvalue weighted by Crippen LogP contribution is 2.19. The highest BCUT2D eigenvalue weighted by Gasteiger charge is 2.27. The normalized spacial score (nSPS) is 10.8. The van der Waals surface area contributed by atoms with E-state index in [4.69, 9.17) is 14.2 Å². The number of pyridine rings is 1. The van der Waals surface area contributed by atoms with Crippen molar-refractivity contribution >= 4 is 24.0 Å². The van der Waals surface area contributed by atoms with Gasteiger partial charge in [0.05, 0.1) is 25.5 Å². The van der Waals surface area contributed by atoms with E-state index in [1.54, 1.807) is 32.9 Å². The summed E-state index contributed by atoms with van der Waals surface area (Å²) in [5, 5.41) is 0.